The SMILES string of the molecule is CS(=O)(=O)c1ccc(Nc2cc(-c3ccc4nc5c(c(N6CCC(N)C6)c4c3)CCCCC5)ccn2)cc1. The van der Waals surface area contributed by atoms with Gasteiger partial charge in [0.25, 0.3) is 0 Å². The number of hydrogen-bond acceptors (Lipinski definition) is 7. The van der Waals surface area contributed by atoms with Gasteiger partial charge in [-0.1, -0.05) is 12.5 Å². The standard InChI is InChI=1S/C30H33N5O2S/c1-38(36,37)24-10-8-23(9-11-24)33-29-18-21(13-15-32-29)20-7-12-28-26(17-20)30(35-16-14-22(31)19-35)25-5-3-2-4-6-27(25)34-28/h7-13,15,17-18,22H,2-6,14,16,19,31H2,1H3,(H,32,33). The fraction of sp³-hybridized carbons (Fsp3) is 0.333. The molecule has 1 aliphatic heterocycles. The van der Waals surface area contributed by atoms with Crippen LogP contribution >= 0.6 is 0 Å². The number of nitrogens with zero attached hydrogens (tertiary/aromatic N) is 3. The van der Waals surface area contributed by atoms with Crippen LogP contribution in [0.25, 0.3) is 22.0 Å². The summed E-state index contributed by atoms with van der Waals surface area (Å²) in [6.45, 7) is 1.87. The molecule has 1 fully saturated rings. The fourth-order valence-electron chi connectivity index (χ4n) is 5.72. The van der Waals surface area contributed by atoms with Crippen LogP contribution in [-0.2, 0) is 22.7 Å². The molecule has 0 amide bonds. The summed E-state index contributed by atoms with van der Waals surface area (Å²) in [6.07, 6.45) is 9.80. The van der Waals surface area contributed by atoms with Gasteiger partial charge in [-0.25, -0.2) is 13.4 Å². The number of anilines is 3. The van der Waals surface area contributed by atoms with Crippen molar-refractivity contribution in [3.05, 3.63) is 72.1 Å². The fourth-order valence-corrected chi connectivity index (χ4v) is 6.35. The normalized spacial score (nSPS) is 17.8. The van der Waals surface area contributed by atoms with Crippen molar-refractivity contribution in [3.8, 4) is 11.1 Å². The molecule has 3 heterocycles. The summed E-state index contributed by atoms with van der Waals surface area (Å²) in [5.74, 6) is 0.695. The Balaban J connectivity index is 1.38. The van der Waals surface area contributed by atoms with Gasteiger partial charge in [0.2, 0.25) is 0 Å². The number of fused-ring (bicyclic) bond motifs is 2. The van der Waals surface area contributed by atoms with Crippen LogP contribution in [0, 0.1) is 0 Å². The largest absolute Gasteiger partial charge is 0.369 e. The molecule has 2 aromatic heterocycles. The van der Waals surface area contributed by atoms with Crippen molar-refractivity contribution < 1.29 is 8.42 Å². The number of rotatable bonds is 5. The Hall–Kier alpha value is -3.49. The number of benzene rings is 2. The van der Waals surface area contributed by atoms with Crippen molar-refractivity contribution in [2.45, 2.75) is 49.5 Å². The molecule has 8 heteroatoms. The van der Waals surface area contributed by atoms with Gasteiger partial charge in [-0.2, -0.15) is 0 Å². The zero-order chi connectivity index (χ0) is 26.3. The minimum absolute atomic E-state index is 0.211. The lowest BCUT2D eigenvalue weighted by atomic mass is 9.97. The number of hydrogen-bond donors (Lipinski definition) is 2. The van der Waals surface area contributed by atoms with Crippen LogP contribution in [0.15, 0.2) is 65.7 Å². The van der Waals surface area contributed by atoms with Gasteiger partial charge in [0.05, 0.1) is 16.1 Å². The molecule has 1 saturated heterocycles. The number of nitrogens with one attached hydrogen (secondary N) is 1. The van der Waals surface area contributed by atoms with Crippen molar-refractivity contribution in [2.75, 3.05) is 29.6 Å². The summed E-state index contributed by atoms with van der Waals surface area (Å²) in [5, 5.41) is 4.49. The molecule has 196 valence electrons. The predicted molar refractivity (Wildman–Crippen MR) is 154 cm³/mol. The van der Waals surface area contributed by atoms with Crippen LogP contribution in [0.3, 0.4) is 0 Å². The molecule has 2 aliphatic rings. The Morgan fingerprint density at radius 3 is 2.53 bits per heavy atom. The first-order chi connectivity index (χ1) is 18.3. The molecule has 1 unspecified atom stereocenters. The van der Waals surface area contributed by atoms with Crippen LogP contribution in [-0.4, -0.2) is 43.8 Å². The predicted octanol–water partition coefficient (Wildman–Crippen LogP) is 5.25. The van der Waals surface area contributed by atoms with Gasteiger partial charge >= 0.3 is 0 Å². The van der Waals surface area contributed by atoms with Crippen LogP contribution in [0.1, 0.15) is 36.9 Å². The van der Waals surface area contributed by atoms with Crippen molar-refractivity contribution in [1.82, 2.24) is 9.97 Å². The van der Waals surface area contributed by atoms with E-state index in [0.717, 1.165) is 54.7 Å². The van der Waals surface area contributed by atoms with E-state index in [4.69, 9.17) is 10.7 Å². The molecular weight excluding hydrogens is 494 g/mol. The van der Waals surface area contributed by atoms with Crippen molar-refractivity contribution >= 4 is 37.9 Å². The summed E-state index contributed by atoms with van der Waals surface area (Å²) >= 11 is 0. The van der Waals surface area contributed by atoms with Crippen molar-refractivity contribution in [3.63, 3.8) is 0 Å². The molecule has 0 radical (unpaired) electrons. The number of pyridine rings is 2. The van der Waals surface area contributed by atoms with Crippen molar-refractivity contribution in [1.29, 1.82) is 0 Å². The summed E-state index contributed by atoms with van der Waals surface area (Å²) in [4.78, 5) is 12.4. The van der Waals surface area contributed by atoms with Gasteiger partial charge in [-0.05, 0) is 97.3 Å². The van der Waals surface area contributed by atoms with Gasteiger partial charge in [0, 0.05) is 48.4 Å². The molecule has 0 saturated carbocycles. The maximum atomic E-state index is 11.8. The second-order valence-electron chi connectivity index (χ2n) is 10.5. The first-order valence-electron chi connectivity index (χ1n) is 13.3. The lowest BCUT2D eigenvalue weighted by molar-refractivity contribution is 0.602. The molecule has 7 nitrogen and oxygen atoms in total. The molecule has 2 aromatic carbocycles. The highest BCUT2D eigenvalue weighted by Crippen LogP contribution is 2.39. The minimum atomic E-state index is -3.23. The summed E-state index contributed by atoms with van der Waals surface area (Å²) in [6, 6.07) is 17.5. The molecule has 1 aliphatic carbocycles. The first-order valence-corrected chi connectivity index (χ1v) is 15.2. The Labute approximate surface area is 224 Å². The van der Waals surface area contributed by atoms with E-state index in [1.807, 2.05) is 12.1 Å². The maximum Gasteiger partial charge on any atom is 0.175 e. The molecular formula is C30H33N5O2S. The molecule has 6 rings (SSSR count). The lowest BCUT2D eigenvalue weighted by Crippen LogP contribution is -2.27. The van der Waals surface area contributed by atoms with E-state index in [1.165, 1.54) is 47.8 Å². The average molecular weight is 528 g/mol. The average Bonchev–Trinajstić information content (AvgIpc) is 3.19. The number of aryl methyl sites for hydroxylation is 1. The molecule has 4 aromatic rings. The molecule has 38 heavy (non-hydrogen) atoms. The van der Waals surface area contributed by atoms with E-state index in [9.17, 15) is 8.42 Å². The molecule has 3 N–H and O–H groups in total. The number of sulfone groups is 1. The summed E-state index contributed by atoms with van der Waals surface area (Å²) < 4.78 is 23.5. The third-order valence-electron chi connectivity index (χ3n) is 7.67. The third-order valence-corrected chi connectivity index (χ3v) is 8.80. The topological polar surface area (TPSA) is 101 Å². The Morgan fingerprint density at radius 2 is 1.76 bits per heavy atom. The quantitative estimate of drug-likeness (QED) is 0.342. The van der Waals surface area contributed by atoms with Crippen LogP contribution in [0.4, 0.5) is 17.2 Å². The Kier molecular flexibility index (Phi) is 6.53. The lowest BCUT2D eigenvalue weighted by Gasteiger charge is -2.25. The highest BCUT2D eigenvalue weighted by Gasteiger charge is 2.26. The number of aromatic nitrogens is 2. The highest BCUT2D eigenvalue weighted by molar-refractivity contribution is 7.90. The maximum absolute atomic E-state index is 11.8. The smallest absolute Gasteiger partial charge is 0.175 e. The highest BCUT2D eigenvalue weighted by atomic mass is 32.2. The Bertz CT molecular complexity index is 1600. The molecule has 1 atom stereocenters. The second kappa shape index (κ2) is 10.0. The summed E-state index contributed by atoms with van der Waals surface area (Å²) in [7, 11) is -3.23. The first kappa shape index (κ1) is 24.8. The summed E-state index contributed by atoms with van der Waals surface area (Å²) in [5.41, 5.74) is 14.3. The second-order valence-corrected chi connectivity index (χ2v) is 12.5. The van der Waals surface area contributed by atoms with Gasteiger partial charge in [0.1, 0.15) is 5.82 Å². The number of nitrogens with two attached hydrogens (primary N) is 1. The van der Waals surface area contributed by atoms with Crippen molar-refractivity contribution in [2.24, 2.45) is 5.73 Å². The zero-order valence-corrected chi connectivity index (χ0v) is 22.5. The van der Waals surface area contributed by atoms with E-state index in [0.29, 0.717) is 10.7 Å². The minimum Gasteiger partial charge on any atom is -0.369 e. The van der Waals surface area contributed by atoms with Crippen LogP contribution in [0.5, 0.6) is 0 Å². The van der Waals surface area contributed by atoms with Gasteiger partial charge < -0.3 is 16.0 Å². The molecule has 0 spiro atoms. The third kappa shape index (κ3) is 4.98. The van der Waals surface area contributed by atoms with E-state index >= 15 is 0 Å². The zero-order valence-electron chi connectivity index (χ0n) is 21.7. The van der Waals surface area contributed by atoms with Crippen LogP contribution in [0.2, 0.25) is 0 Å². The monoisotopic (exact) mass is 527 g/mol. The van der Waals surface area contributed by atoms with E-state index in [-0.39, 0.29) is 6.04 Å². The Morgan fingerprint density at radius 1 is 0.974 bits per heavy atom. The van der Waals surface area contributed by atoms with E-state index < -0.39 is 9.84 Å². The van der Waals surface area contributed by atoms with E-state index in [2.05, 4.69) is 33.4 Å². The van der Waals surface area contributed by atoms with Gasteiger partial charge in [0.15, 0.2) is 9.84 Å². The molecule has 0 bridgehead atoms. The van der Waals surface area contributed by atoms with Gasteiger partial charge in [-0.15, -0.1) is 0 Å². The van der Waals surface area contributed by atoms with Gasteiger partial charge in [-0.3, -0.25) is 4.98 Å². The van der Waals surface area contributed by atoms with Crippen LogP contribution < -0.4 is 16.0 Å². The van der Waals surface area contributed by atoms with E-state index in [1.54, 1.807) is 30.5 Å².